The first-order valence-electron chi connectivity index (χ1n) is 11.7. The second kappa shape index (κ2) is 7.78. The molecule has 6 nitrogen and oxygen atoms in total. The van der Waals surface area contributed by atoms with Gasteiger partial charge >= 0.3 is 5.97 Å². The summed E-state index contributed by atoms with van der Waals surface area (Å²) in [5.41, 5.74) is -2.06. The molecule has 2 N–H and O–H groups in total. The number of ketones is 2. The van der Waals surface area contributed by atoms with Gasteiger partial charge in [0, 0.05) is 17.3 Å². The van der Waals surface area contributed by atoms with Crippen LogP contribution in [-0.4, -0.2) is 50.9 Å². The highest BCUT2D eigenvalue weighted by molar-refractivity contribution is 6.26. The zero-order valence-corrected chi connectivity index (χ0v) is 19.8. The number of allylic oxidation sites excluding steroid dienone is 4. The second-order valence-electron chi connectivity index (χ2n) is 10.4. The molecule has 0 radical (unpaired) electrons. The number of hydrogen-bond acceptors (Lipinski definition) is 6. The monoisotopic (exact) mass is 464 g/mol. The van der Waals surface area contributed by atoms with Crippen molar-refractivity contribution in [3.63, 3.8) is 0 Å². The van der Waals surface area contributed by atoms with Crippen molar-refractivity contribution < 1.29 is 29.3 Å². The van der Waals surface area contributed by atoms with E-state index in [9.17, 15) is 24.6 Å². The first kappa shape index (κ1) is 23.7. The van der Waals surface area contributed by atoms with Gasteiger partial charge in [-0.3, -0.25) is 14.4 Å². The van der Waals surface area contributed by atoms with Crippen LogP contribution in [0.3, 0.4) is 0 Å². The van der Waals surface area contributed by atoms with Crippen LogP contribution in [0.4, 0.5) is 0 Å². The number of ether oxygens (including phenoxy) is 1. The van der Waals surface area contributed by atoms with Crippen LogP contribution in [0.15, 0.2) is 23.8 Å². The van der Waals surface area contributed by atoms with Gasteiger partial charge in [0.05, 0.1) is 11.0 Å². The summed E-state index contributed by atoms with van der Waals surface area (Å²) in [5, 5.41) is 21.4. The second-order valence-corrected chi connectivity index (χ2v) is 11.1. The normalized spacial score (nSPS) is 44.9. The van der Waals surface area contributed by atoms with E-state index in [2.05, 4.69) is 0 Å². The maximum Gasteiger partial charge on any atom is 0.306 e. The van der Waals surface area contributed by atoms with E-state index < -0.39 is 45.8 Å². The van der Waals surface area contributed by atoms with Crippen LogP contribution in [0.25, 0.3) is 0 Å². The summed E-state index contributed by atoms with van der Waals surface area (Å²) in [6.07, 6.45) is 7.25. The first-order chi connectivity index (χ1) is 15.0. The molecule has 4 rings (SSSR count). The minimum absolute atomic E-state index is 0.0670. The van der Waals surface area contributed by atoms with Crippen molar-refractivity contribution in [3.8, 4) is 0 Å². The summed E-state index contributed by atoms with van der Waals surface area (Å²) < 4.78 is 5.90. The highest BCUT2D eigenvalue weighted by atomic mass is 35.5. The number of fused-ring (bicyclic) bond motifs is 5. The lowest BCUT2D eigenvalue weighted by Crippen LogP contribution is -2.69. The van der Waals surface area contributed by atoms with Crippen LogP contribution in [-0.2, 0) is 19.1 Å². The molecule has 7 atom stereocenters. The predicted octanol–water partition coefficient (Wildman–Crippen LogP) is 3.27. The SMILES string of the molecule is CCCC(=O)O[C@]1(C(=O)CO)CC[C@H]2[C@@H]3CCC4=CC(=O)C=C[C@]4(C)[C@@]3(Cl)[C@@H](O)C[C@@]21C. The van der Waals surface area contributed by atoms with Crippen molar-refractivity contribution >= 4 is 29.1 Å². The lowest BCUT2D eigenvalue weighted by Gasteiger charge is -2.64. The van der Waals surface area contributed by atoms with Crippen molar-refractivity contribution in [1.29, 1.82) is 0 Å². The van der Waals surface area contributed by atoms with Crippen LogP contribution in [0, 0.1) is 22.7 Å². The Morgan fingerprint density at radius 3 is 2.62 bits per heavy atom. The molecule has 4 aliphatic carbocycles. The van der Waals surface area contributed by atoms with E-state index in [1.54, 1.807) is 6.08 Å². The van der Waals surface area contributed by atoms with Gasteiger partial charge in [0.2, 0.25) is 5.78 Å². The number of hydrogen-bond donors (Lipinski definition) is 2. The lowest BCUT2D eigenvalue weighted by atomic mass is 9.45. The summed E-state index contributed by atoms with van der Waals surface area (Å²) in [7, 11) is 0. The van der Waals surface area contributed by atoms with Gasteiger partial charge < -0.3 is 14.9 Å². The molecule has 3 saturated carbocycles. The third-order valence-electron chi connectivity index (χ3n) is 9.10. The van der Waals surface area contributed by atoms with Crippen LogP contribution in [0.1, 0.15) is 65.7 Å². The van der Waals surface area contributed by atoms with Crippen molar-refractivity contribution in [2.75, 3.05) is 6.61 Å². The molecule has 0 bridgehead atoms. The molecular weight excluding hydrogens is 432 g/mol. The molecule has 0 aromatic heterocycles. The zero-order chi connectivity index (χ0) is 23.5. The maximum atomic E-state index is 13.1. The van der Waals surface area contributed by atoms with Gasteiger partial charge in [0.1, 0.15) is 6.61 Å². The zero-order valence-electron chi connectivity index (χ0n) is 19.0. The topological polar surface area (TPSA) is 101 Å². The van der Waals surface area contributed by atoms with Gasteiger partial charge in [0.15, 0.2) is 11.4 Å². The van der Waals surface area contributed by atoms with E-state index in [-0.39, 0.29) is 30.5 Å². The van der Waals surface area contributed by atoms with E-state index in [1.807, 2.05) is 26.8 Å². The number of aliphatic hydroxyl groups excluding tert-OH is 2. The minimum Gasteiger partial charge on any atom is -0.450 e. The summed E-state index contributed by atoms with van der Waals surface area (Å²) >= 11 is 7.39. The van der Waals surface area contributed by atoms with Crippen molar-refractivity contribution in [1.82, 2.24) is 0 Å². The Hall–Kier alpha value is -1.50. The molecule has 0 amide bonds. The Morgan fingerprint density at radius 2 is 1.97 bits per heavy atom. The molecule has 0 aromatic carbocycles. The van der Waals surface area contributed by atoms with E-state index in [1.165, 1.54) is 6.08 Å². The summed E-state index contributed by atoms with van der Waals surface area (Å²) in [6.45, 7) is 5.04. The van der Waals surface area contributed by atoms with Gasteiger partial charge in [-0.05, 0) is 62.5 Å². The van der Waals surface area contributed by atoms with Crippen LogP contribution >= 0.6 is 11.6 Å². The van der Waals surface area contributed by atoms with Gasteiger partial charge in [-0.15, -0.1) is 11.6 Å². The molecule has 0 aliphatic heterocycles. The fraction of sp³-hybridized carbons (Fsp3) is 0.720. The van der Waals surface area contributed by atoms with E-state index in [0.29, 0.717) is 32.1 Å². The van der Waals surface area contributed by atoms with Crippen molar-refractivity contribution in [3.05, 3.63) is 23.8 Å². The number of aliphatic hydroxyl groups is 2. The maximum absolute atomic E-state index is 13.1. The number of Topliss-reactive ketones (excluding diaryl/α,β-unsaturated/α-hetero) is 1. The minimum atomic E-state index is -1.47. The van der Waals surface area contributed by atoms with E-state index in [0.717, 1.165) is 5.57 Å². The molecule has 0 aromatic rings. The summed E-state index contributed by atoms with van der Waals surface area (Å²) in [6, 6.07) is 0. The third-order valence-corrected chi connectivity index (χ3v) is 10.0. The van der Waals surface area contributed by atoms with Gasteiger partial charge in [-0.1, -0.05) is 32.4 Å². The predicted molar refractivity (Wildman–Crippen MR) is 119 cm³/mol. The van der Waals surface area contributed by atoms with Crippen molar-refractivity contribution in [2.24, 2.45) is 22.7 Å². The molecule has 0 unspecified atom stereocenters. The van der Waals surface area contributed by atoms with Crippen molar-refractivity contribution in [2.45, 2.75) is 82.3 Å². The molecule has 7 heteroatoms. The Kier molecular flexibility index (Phi) is 5.75. The number of carbonyl (C=O) groups excluding carboxylic acids is 3. The fourth-order valence-electron chi connectivity index (χ4n) is 7.46. The molecule has 32 heavy (non-hydrogen) atoms. The Morgan fingerprint density at radius 1 is 1.25 bits per heavy atom. The molecule has 0 heterocycles. The third kappa shape index (κ3) is 2.88. The molecule has 176 valence electrons. The van der Waals surface area contributed by atoms with E-state index >= 15 is 0 Å². The molecule has 0 saturated heterocycles. The fourth-order valence-corrected chi connectivity index (χ4v) is 7.98. The summed E-state index contributed by atoms with van der Waals surface area (Å²) in [4.78, 5) is 36.6. The standard InChI is InChI=1S/C25H33ClO6/c1-4-5-21(31)32-24(20(30)14-27)11-9-17-18-7-6-15-12-16(28)8-10-22(15,2)25(18,26)19(29)13-23(17,24)3/h8,10,12,17-19,27,29H,4-7,9,11,13-14H2,1-3H3/t17-,18-,19-,22-,23-,24-,25-/m0/s1. The Bertz CT molecular complexity index is 910. The number of alkyl halides is 1. The average molecular weight is 465 g/mol. The van der Waals surface area contributed by atoms with Crippen LogP contribution in [0.2, 0.25) is 0 Å². The lowest BCUT2D eigenvalue weighted by molar-refractivity contribution is -0.197. The molecule has 0 spiro atoms. The average Bonchev–Trinajstić information content (AvgIpc) is 3.02. The number of rotatable bonds is 5. The molecule has 3 fully saturated rings. The first-order valence-corrected chi connectivity index (χ1v) is 12.0. The highest BCUT2D eigenvalue weighted by Crippen LogP contribution is 2.71. The van der Waals surface area contributed by atoms with Gasteiger partial charge in [-0.25, -0.2) is 0 Å². The Balaban J connectivity index is 1.79. The quantitative estimate of drug-likeness (QED) is 0.478. The van der Waals surface area contributed by atoms with Crippen LogP contribution < -0.4 is 0 Å². The number of carbonyl (C=O) groups is 3. The van der Waals surface area contributed by atoms with E-state index in [4.69, 9.17) is 16.3 Å². The number of halogens is 1. The highest BCUT2D eigenvalue weighted by Gasteiger charge is 2.74. The largest absolute Gasteiger partial charge is 0.450 e. The number of esters is 1. The van der Waals surface area contributed by atoms with Gasteiger partial charge in [0.25, 0.3) is 0 Å². The molecular formula is C25H33ClO6. The summed E-state index contributed by atoms with van der Waals surface area (Å²) in [5.74, 6) is -1.24. The smallest absolute Gasteiger partial charge is 0.306 e. The molecule has 4 aliphatic rings. The Labute approximate surface area is 194 Å². The van der Waals surface area contributed by atoms with Crippen LogP contribution in [0.5, 0.6) is 0 Å². The van der Waals surface area contributed by atoms with Gasteiger partial charge in [-0.2, -0.15) is 0 Å².